The fourth-order valence-corrected chi connectivity index (χ4v) is 4.57. The van der Waals surface area contributed by atoms with Gasteiger partial charge < -0.3 is 9.54 Å². The molecule has 0 aliphatic rings. The van der Waals surface area contributed by atoms with E-state index in [1.807, 2.05) is 0 Å². The van der Waals surface area contributed by atoms with Crippen LogP contribution in [0.3, 0.4) is 0 Å². The molecule has 6 nitrogen and oxygen atoms in total. The zero-order chi connectivity index (χ0) is 26.1. The highest BCUT2D eigenvalue weighted by Gasteiger charge is 2.25. The van der Waals surface area contributed by atoms with E-state index in [-0.39, 0.29) is 17.7 Å². The standard InChI is InChI=1S/C27H18ClF2N3O3S/c28-18-7-5-15(6-8-18)17-11-21-22(14-32-27(21)31-12-17)26(34)24-23(29)10-9-20(25(24)30)19-4-2-1-3-16(19)13-33-37(35)36/h1-12,14,33H,13H2,(H,31,32)(H,35,36)/p-1. The summed E-state index contributed by atoms with van der Waals surface area (Å²) < 4.78 is 54.9. The van der Waals surface area contributed by atoms with Crippen molar-refractivity contribution >= 4 is 39.7 Å². The van der Waals surface area contributed by atoms with Crippen LogP contribution in [0.25, 0.3) is 33.3 Å². The summed E-state index contributed by atoms with van der Waals surface area (Å²) in [7, 11) is 0. The molecule has 0 bridgehead atoms. The van der Waals surface area contributed by atoms with Gasteiger partial charge in [0.25, 0.3) is 0 Å². The number of nitrogens with one attached hydrogen (secondary N) is 2. The molecule has 1 atom stereocenters. The maximum atomic E-state index is 15.8. The van der Waals surface area contributed by atoms with Crippen LogP contribution in [-0.2, 0) is 17.8 Å². The van der Waals surface area contributed by atoms with E-state index in [1.165, 1.54) is 12.3 Å². The number of hydrogen-bond donors (Lipinski definition) is 2. The molecule has 0 aliphatic carbocycles. The lowest BCUT2D eigenvalue weighted by Crippen LogP contribution is -2.16. The zero-order valence-corrected chi connectivity index (χ0v) is 20.5. The van der Waals surface area contributed by atoms with Gasteiger partial charge in [0.2, 0.25) is 5.78 Å². The van der Waals surface area contributed by atoms with Crippen molar-refractivity contribution < 1.29 is 22.3 Å². The summed E-state index contributed by atoms with van der Waals surface area (Å²) in [6.45, 7) is -0.103. The minimum Gasteiger partial charge on any atom is -0.760 e. The van der Waals surface area contributed by atoms with Gasteiger partial charge in [0, 0.05) is 57.3 Å². The number of nitrogens with zero attached hydrogens (tertiary/aromatic N) is 1. The molecule has 3 aromatic carbocycles. The van der Waals surface area contributed by atoms with E-state index in [4.69, 9.17) is 11.6 Å². The molecule has 186 valence electrons. The van der Waals surface area contributed by atoms with Crippen LogP contribution in [0.4, 0.5) is 8.78 Å². The molecule has 37 heavy (non-hydrogen) atoms. The molecule has 0 spiro atoms. The van der Waals surface area contributed by atoms with E-state index in [2.05, 4.69) is 14.7 Å². The highest BCUT2D eigenvalue weighted by molar-refractivity contribution is 7.77. The lowest BCUT2D eigenvalue weighted by molar-refractivity contribution is 0.103. The first-order chi connectivity index (χ1) is 17.8. The van der Waals surface area contributed by atoms with Crippen LogP contribution in [0.15, 0.2) is 79.1 Å². The Labute approximate surface area is 217 Å². The molecular weight excluding hydrogens is 520 g/mol. The first-order valence-corrected chi connectivity index (χ1v) is 12.5. The van der Waals surface area contributed by atoms with Gasteiger partial charge in [-0.25, -0.2) is 18.5 Å². The van der Waals surface area contributed by atoms with E-state index in [9.17, 15) is 17.9 Å². The molecule has 0 fully saturated rings. The predicted molar refractivity (Wildman–Crippen MR) is 138 cm³/mol. The Hall–Kier alpha value is -3.76. The van der Waals surface area contributed by atoms with Crippen LogP contribution in [0.1, 0.15) is 21.5 Å². The van der Waals surface area contributed by atoms with Crippen LogP contribution >= 0.6 is 11.6 Å². The number of aromatic amines is 1. The maximum Gasteiger partial charge on any atom is 0.201 e. The average molecular weight is 537 g/mol. The number of pyridine rings is 1. The second kappa shape index (κ2) is 10.3. The van der Waals surface area contributed by atoms with Crippen molar-refractivity contribution in [1.82, 2.24) is 14.7 Å². The number of benzene rings is 3. The van der Waals surface area contributed by atoms with Crippen molar-refractivity contribution in [2.45, 2.75) is 6.54 Å². The van der Waals surface area contributed by atoms with E-state index in [0.29, 0.717) is 32.7 Å². The van der Waals surface area contributed by atoms with Crippen molar-refractivity contribution in [3.8, 4) is 22.3 Å². The van der Waals surface area contributed by atoms with Crippen LogP contribution < -0.4 is 4.72 Å². The molecule has 2 heterocycles. The SMILES string of the molecule is O=C(c1c(F)ccc(-c2ccccc2CNS(=O)[O-])c1F)c1c[nH]c2ncc(-c3ccc(Cl)cc3)cc12. The van der Waals surface area contributed by atoms with Crippen molar-refractivity contribution in [2.75, 3.05) is 0 Å². The van der Waals surface area contributed by atoms with E-state index in [1.54, 1.807) is 60.8 Å². The van der Waals surface area contributed by atoms with Gasteiger partial charge in [0.05, 0.1) is 5.56 Å². The van der Waals surface area contributed by atoms with Gasteiger partial charge in [-0.15, -0.1) is 0 Å². The molecule has 0 saturated heterocycles. The Balaban J connectivity index is 1.59. The van der Waals surface area contributed by atoms with E-state index < -0.39 is 34.2 Å². The van der Waals surface area contributed by atoms with Crippen molar-refractivity contribution in [3.05, 3.63) is 112 Å². The Kier molecular flexibility index (Phi) is 6.94. The normalized spacial score (nSPS) is 12.1. The third kappa shape index (κ3) is 4.94. The van der Waals surface area contributed by atoms with Crippen molar-refractivity contribution in [1.29, 1.82) is 0 Å². The molecule has 2 aromatic heterocycles. The first-order valence-electron chi connectivity index (χ1n) is 11.0. The second-order valence-electron chi connectivity index (χ2n) is 8.16. The van der Waals surface area contributed by atoms with Crippen LogP contribution in [0.5, 0.6) is 0 Å². The molecule has 0 saturated carbocycles. The van der Waals surface area contributed by atoms with Gasteiger partial charge in [-0.3, -0.25) is 9.00 Å². The fraction of sp³-hybridized carbons (Fsp3) is 0.0370. The van der Waals surface area contributed by atoms with E-state index >= 15 is 4.39 Å². The van der Waals surface area contributed by atoms with Gasteiger partial charge in [0.15, 0.2) is 0 Å². The number of carbonyl (C=O) groups excluding carboxylic acids is 1. The molecular formula is C27H17ClF2N3O3S-. The Morgan fingerprint density at radius 1 is 1.03 bits per heavy atom. The minimum atomic E-state index is -2.53. The van der Waals surface area contributed by atoms with Gasteiger partial charge in [0.1, 0.15) is 17.3 Å². The number of hydrogen-bond acceptors (Lipinski definition) is 4. The molecule has 0 aliphatic heterocycles. The average Bonchev–Trinajstić information content (AvgIpc) is 3.31. The fourth-order valence-electron chi connectivity index (χ4n) is 4.17. The predicted octanol–water partition coefficient (Wildman–Crippen LogP) is 5.94. The largest absolute Gasteiger partial charge is 0.760 e. The van der Waals surface area contributed by atoms with E-state index in [0.717, 1.165) is 11.6 Å². The number of aromatic nitrogens is 2. The monoisotopic (exact) mass is 536 g/mol. The highest BCUT2D eigenvalue weighted by Crippen LogP contribution is 2.33. The van der Waals surface area contributed by atoms with Crippen LogP contribution in [0, 0.1) is 11.6 Å². The van der Waals surface area contributed by atoms with Crippen LogP contribution in [-0.4, -0.2) is 24.5 Å². The number of H-pyrrole nitrogens is 1. The van der Waals surface area contributed by atoms with Gasteiger partial charge >= 0.3 is 0 Å². The third-order valence-electron chi connectivity index (χ3n) is 5.96. The maximum absolute atomic E-state index is 15.8. The number of fused-ring (bicyclic) bond motifs is 1. The zero-order valence-electron chi connectivity index (χ0n) is 18.9. The molecule has 0 amide bonds. The van der Waals surface area contributed by atoms with Gasteiger partial charge in [-0.2, -0.15) is 0 Å². The number of rotatable bonds is 7. The molecule has 0 radical (unpaired) electrons. The summed E-state index contributed by atoms with van der Waals surface area (Å²) in [5.41, 5.74) is 2.00. The molecule has 10 heteroatoms. The lowest BCUT2D eigenvalue weighted by atomic mass is 9.94. The number of carbonyl (C=O) groups is 1. The lowest BCUT2D eigenvalue weighted by Gasteiger charge is -2.14. The summed E-state index contributed by atoms with van der Waals surface area (Å²) >= 11 is 3.45. The molecule has 2 N–H and O–H groups in total. The third-order valence-corrected chi connectivity index (χ3v) is 6.59. The molecule has 1 unspecified atom stereocenters. The topological polar surface area (TPSA) is 97.9 Å². The Morgan fingerprint density at radius 2 is 1.78 bits per heavy atom. The molecule has 5 aromatic rings. The summed E-state index contributed by atoms with van der Waals surface area (Å²) in [4.78, 5) is 20.7. The highest BCUT2D eigenvalue weighted by atomic mass is 35.5. The summed E-state index contributed by atoms with van der Waals surface area (Å²) in [5, 5.41) is 0.976. The van der Waals surface area contributed by atoms with Gasteiger partial charge in [-0.1, -0.05) is 48.0 Å². The van der Waals surface area contributed by atoms with Crippen molar-refractivity contribution in [3.63, 3.8) is 0 Å². The number of halogens is 3. The van der Waals surface area contributed by atoms with Crippen molar-refractivity contribution in [2.24, 2.45) is 0 Å². The van der Waals surface area contributed by atoms with Gasteiger partial charge in [-0.05, 0) is 47.0 Å². The van der Waals surface area contributed by atoms with Crippen LogP contribution in [0.2, 0.25) is 5.02 Å². The Morgan fingerprint density at radius 3 is 2.54 bits per heavy atom. The Bertz CT molecular complexity index is 1670. The number of ketones is 1. The first kappa shape index (κ1) is 24.9. The molecule has 5 rings (SSSR count). The summed E-state index contributed by atoms with van der Waals surface area (Å²) in [6.07, 6.45) is 3.00. The second-order valence-corrected chi connectivity index (χ2v) is 9.35. The smallest absolute Gasteiger partial charge is 0.201 e. The summed E-state index contributed by atoms with van der Waals surface area (Å²) in [5.74, 6) is -2.91. The minimum absolute atomic E-state index is 0.0290. The quantitative estimate of drug-likeness (QED) is 0.198. The summed E-state index contributed by atoms with van der Waals surface area (Å²) in [6, 6.07) is 17.5.